The van der Waals surface area contributed by atoms with E-state index in [1.165, 1.54) is 0 Å². The van der Waals surface area contributed by atoms with Crippen LogP contribution in [0, 0.1) is 20.8 Å². The van der Waals surface area contributed by atoms with Crippen molar-refractivity contribution in [3.63, 3.8) is 0 Å². The van der Waals surface area contributed by atoms with Gasteiger partial charge in [-0.25, -0.2) is 0 Å². The molecule has 25 heavy (non-hydrogen) atoms. The maximum Gasteiger partial charge on any atom is 0.255 e. The van der Waals surface area contributed by atoms with E-state index in [0.29, 0.717) is 18.5 Å². The number of anilines is 1. The summed E-state index contributed by atoms with van der Waals surface area (Å²) in [5, 5.41) is 2.97. The summed E-state index contributed by atoms with van der Waals surface area (Å²) in [4.78, 5) is 30.7. The fourth-order valence-corrected chi connectivity index (χ4v) is 3.30. The number of hydrogen-bond donors (Lipinski definition) is 1. The summed E-state index contributed by atoms with van der Waals surface area (Å²) in [5.41, 5.74) is 5.06. The number of carbonyl (C=O) groups is 2. The maximum absolute atomic E-state index is 12.6. The number of nitrogens with zero attached hydrogens (tertiary/aromatic N) is 2. The summed E-state index contributed by atoms with van der Waals surface area (Å²) in [6.07, 6.45) is 1.54. The van der Waals surface area contributed by atoms with Crippen LogP contribution in [0.4, 0.5) is 5.69 Å². The maximum atomic E-state index is 12.6. The van der Waals surface area contributed by atoms with Crippen LogP contribution in [0.3, 0.4) is 0 Å². The standard InChI is InChI=1S/C20H23N3O2/c1-13-10-14(2)21-15(3)19(13)22-20(25)17-7-4-6-16(11-17)12-23-9-5-8-18(23)24/h4,6-7,10-11H,5,8-9,12H2,1-3H3,(H,22,25). The molecule has 1 fully saturated rings. The van der Waals surface area contributed by atoms with Gasteiger partial charge in [0.2, 0.25) is 5.91 Å². The van der Waals surface area contributed by atoms with Crippen LogP contribution < -0.4 is 5.32 Å². The number of nitrogens with one attached hydrogen (secondary N) is 1. The minimum absolute atomic E-state index is 0.161. The highest BCUT2D eigenvalue weighted by Crippen LogP contribution is 2.21. The quantitative estimate of drug-likeness (QED) is 0.930. The monoisotopic (exact) mass is 337 g/mol. The molecule has 1 aromatic heterocycles. The number of hydrogen-bond acceptors (Lipinski definition) is 3. The Morgan fingerprint density at radius 3 is 2.72 bits per heavy atom. The first-order valence-electron chi connectivity index (χ1n) is 8.57. The molecule has 2 heterocycles. The summed E-state index contributed by atoms with van der Waals surface area (Å²) in [7, 11) is 0. The van der Waals surface area contributed by atoms with E-state index in [9.17, 15) is 9.59 Å². The van der Waals surface area contributed by atoms with Crippen molar-refractivity contribution in [3.8, 4) is 0 Å². The predicted molar refractivity (Wildman–Crippen MR) is 97.5 cm³/mol. The third-order valence-electron chi connectivity index (χ3n) is 4.50. The summed E-state index contributed by atoms with van der Waals surface area (Å²) in [6.45, 7) is 7.15. The molecule has 1 aromatic carbocycles. The molecule has 2 amide bonds. The number of rotatable bonds is 4. The van der Waals surface area contributed by atoms with Crippen LogP contribution >= 0.6 is 0 Å². The number of aromatic nitrogens is 1. The Morgan fingerprint density at radius 1 is 1.24 bits per heavy atom. The zero-order valence-electron chi connectivity index (χ0n) is 14.9. The fraction of sp³-hybridized carbons (Fsp3) is 0.350. The van der Waals surface area contributed by atoms with Crippen molar-refractivity contribution < 1.29 is 9.59 Å². The minimum Gasteiger partial charge on any atom is -0.338 e. The molecule has 5 heteroatoms. The van der Waals surface area contributed by atoms with Crippen molar-refractivity contribution in [2.45, 2.75) is 40.2 Å². The van der Waals surface area contributed by atoms with Crippen LogP contribution in [0.25, 0.3) is 0 Å². The Balaban J connectivity index is 1.77. The second-order valence-electron chi connectivity index (χ2n) is 6.61. The Kier molecular flexibility index (Phi) is 4.83. The van der Waals surface area contributed by atoms with Crippen LogP contribution in [0.5, 0.6) is 0 Å². The lowest BCUT2D eigenvalue weighted by Gasteiger charge is -2.16. The van der Waals surface area contributed by atoms with E-state index in [-0.39, 0.29) is 11.8 Å². The first-order chi connectivity index (χ1) is 11.9. The summed E-state index contributed by atoms with van der Waals surface area (Å²) in [5.74, 6) is 0.0262. The zero-order chi connectivity index (χ0) is 18.0. The van der Waals surface area contributed by atoms with Gasteiger partial charge < -0.3 is 10.2 Å². The van der Waals surface area contributed by atoms with Crippen molar-refractivity contribution in [1.29, 1.82) is 0 Å². The van der Waals surface area contributed by atoms with Gasteiger partial charge in [0, 0.05) is 30.8 Å². The van der Waals surface area contributed by atoms with Crippen LogP contribution in [-0.4, -0.2) is 28.2 Å². The van der Waals surface area contributed by atoms with E-state index in [2.05, 4.69) is 10.3 Å². The second-order valence-corrected chi connectivity index (χ2v) is 6.61. The topological polar surface area (TPSA) is 62.3 Å². The van der Waals surface area contributed by atoms with Gasteiger partial charge in [0.25, 0.3) is 5.91 Å². The molecule has 0 aliphatic carbocycles. The largest absolute Gasteiger partial charge is 0.338 e. The van der Waals surface area contributed by atoms with Gasteiger partial charge in [0.1, 0.15) is 0 Å². The molecule has 0 atom stereocenters. The third-order valence-corrected chi connectivity index (χ3v) is 4.50. The molecule has 1 saturated heterocycles. The number of carbonyl (C=O) groups excluding carboxylic acids is 2. The molecule has 2 aromatic rings. The Hall–Kier alpha value is -2.69. The van der Waals surface area contributed by atoms with Crippen LogP contribution in [0.2, 0.25) is 0 Å². The molecule has 1 N–H and O–H groups in total. The summed E-state index contributed by atoms with van der Waals surface area (Å²) in [6, 6.07) is 9.41. The van der Waals surface area contributed by atoms with Gasteiger partial charge >= 0.3 is 0 Å². The molecule has 0 unspecified atom stereocenters. The molecule has 1 aliphatic rings. The SMILES string of the molecule is Cc1cc(C)c(NC(=O)c2cccc(CN3CCCC3=O)c2)c(C)n1. The lowest BCUT2D eigenvalue weighted by molar-refractivity contribution is -0.128. The van der Waals surface area contributed by atoms with Gasteiger partial charge in [-0.3, -0.25) is 14.6 Å². The first-order valence-corrected chi connectivity index (χ1v) is 8.57. The van der Waals surface area contributed by atoms with Gasteiger partial charge in [0.15, 0.2) is 0 Å². The summed E-state index contributed by atoms with van der Waals surface area (Å²) < 4.78 is 0. The number of benzene rings is 1. The lowest BCUT2D eigenvalue weighted by atomic mass is 10.1. The molecule has 0 spiro atoms. The molecule has 0 saturated carbocycles. The second kappa shape index (κ2) is 7.05. The Labute approximate surface area is 148 Å². The van der Waals surface area contributed by atoms with Gasteiger partial charge in [-0.15, -0.1) is 0 Å². The van der Waals surface area contributed by atoms with Crippen molar-refractivity contribution >= 4 is 17.5 Å². The van der Waals surface area contributed by atoms with E-state index >= 15 is 0 Å². The van der Waals surface area contributed by atoms with Gasteiger partial charge in [-0.05, 0) is 56.5 Å². The van der Waals surface area contributed by atoms with E-state index in [4.69, 9.17) is 0 Å². The van der Waals surface area contributed by atoms with E-state index in [1.54, 1.807) is 6.07 Å². The molecular formula is C20H23N3O2. The molecular weight excluding hydrogens is 314 g/mol. The highest BCUT2D eigenvalue weighted by molar-refractivity contribution is 6.05. The minimum atomic E-state index is -0.161. The van der Waals surface area contributed by atoms with Crippen molar-refractivity contribution in [3.05, 3.63) is 58.4 Å². The van der Waals surface area contributed by atoms with E-state index < -0.39 is 0 Å². The Morgan fingerprint density at radius 2 is 2.04 bits per heavy atom. The molecule has 130 valence electrons. The molecule has 5 nitrogen and oxygen atoms in total. The van der Waals surface area contributed by atoms with Crippen molar-refractivity contribution in [1.82, 2.24) is 9.88 Å². The molecule has 1 aliphatic heterocycles. The van der Waals surface area contributed by atoms with Gasteiger partial charge in [0.05, 0.1) is 11.4 Å². The average Bonchev–Trinajstić information content (AvgIpc) is 2.96. The van der Waals surface area contributed by atoms with Crippen molar-refractivity contribution in [2.24, 2.45) is 0 Å². The normalized spacial score (nSPS) is 14.0. The van der Waals surface area contributed by atoms with Gasteiger partial charge in [-0.2, -0.15) is 0 Å². The Bertz CT molecular complexity index is 806. The van der Waals surface area contributed by atoms with Gasteiger partial charge in [-0.1, -0.05) is 12.1 Å². The molecule has 0 radical (unpaired) electrons. The predicted octanol–water partition coefficient (Wildman–Crippen LogP) is 3.38. The third kappa shape index (κ3) is 3.87. The fourth-order valence-electron chi connectivity index (χ4n) is 3.30. The number of amides is 2. The summed E-state index contributed by atoms with van der Waals surface area (Å²) >= 11 is 0. The molecule has 0 bridgehead atoms. The van der Waals surface area contributed by atoms with E-state index in [1.807, 2.05) is 49.9 Å². The van der Waals surface area contributed by atoms with Crippen LogP contribution in [-0.2, 0) is 11.3 Å². The molecule has 3 rings (SSSR count). The number of pyridine rings is 1. The van der Waals surface area contributed by atoms with Crippen LogP contribution in [0.1, 0.15) is 45.7 Å². The highest BCUT2D eigenvalue weighted by atomic mass is 16.2. The smallest absolute Gasteiger partial charge is 0.255 e. The number of likely N-dealkylation sites (tertiary alicyclic amines) is 1. The van der Waals surface area contributed by atoms with Crippen LogP contribution in [0.15, 0.2) is 30.3 Å². The highest BCUT2D eigenvalue weighted by Gasteiger charge is 2.20. The lowest BCUT2D eigenvalue weighted by Crippen LogP contribution is -2.24. The van der Waals surface area contributed by atoms with Crippen molar-refractivity contribution in [2.75, 3.05) is 11.9 Å². The first kappa shape index (κ1) is 17.1. The van der Waals surface area contributed by atoms with E-state index in [0.717, 1.165) is 41.2 Å². The zero-order valence-corrected chi connectivity index (χ0v) is 14.9. The number of aryl methyl sites for hydroxylation is 3. The average molecular weight is 337 g/mol.